The summed E-state index contributed by atoms with van der Waals surface area (Å²) in [4.78, 5) is 16.5. The fraction of sp³-hybridized carbons (Fsp3) is 0.588. The fourth-order valence-corrected chi connectivity index (χ4v) is 4.73. The molecule has 0 bridgehead atoms. The molecule has 9 heteroatoms. The van der Waals surface area contributed by atoms with E-state index in [0.717, 1.165) is 6.54 Å². The van der Waals surface area contributed by atoms with Crippen LogP contribution in [0.15, 0.2) is 24.3 Å². The maximum Gasteiger partial charge on any atom is 0.387 e. The van der Waals surface area contributed by atoms with Crippen LogP contribution in [0.4, 0.5) is 8.78 Å². The first-order valence-corrected chi connectivity index (χ1v) is 10.2. The second kappa shape index (κ2) is 8.77. The molecule has 0 aromatic heterocycles. The van der Waals surface area contributed by atoms with E-state index in [1.54, 1.807) is 4.90 Å². The molecule has 0 saturated carbocycles. The molecule has 0 radical (unpaired) electrons. The zero-order chi connectivity index (χ0) is 19.3. The van der Waals surface area contributed by atoms with E-state index in [-0.39, 0.29) is 28.7 Å². The topological polar surface area (TPSA) is 66.9 Å². The molecular formula is C17H24F2N2O4S. The van der Waals surface area contributed by atoms with Gasteiger partial charge in [-0.25, -0.2) is 8.42 Å². The third kappa shape index (κ3) is 5.91. The molecule has 0 spiro atoms. The third-order valence-corrected chi connectivity index (χ3v) is 5.97. The molecule has 1 atom stereocenters. The van der Waals surface area contributed by atoms with Crippen LogP contribution in [0.25, 0.3) is 0 Å². The molecule has 1 saturated heterocycles. The smallest absolute Gasteiger partial charge is 0.387 e. The van der Waals surface area contributed by atoms with Crippen molar-refractivity contribution in [2.45, 2.75) is 25.5 Å². The summed E-state index contributed by atoms with van der Waals surface area (Å²) in [6.45, 7) is -1.83. The highest BCUT2D eigenvalue weighted by molar-refractivity contribution is 7.91. The Hall–Kier alpha value is -1.74. The lowest BCUT2D eigenvalue weighted by Gasteiger charge is -2.29. The molecular weight excluding hydrogens is 366 g/mol. The fourth-order valence-electron chi connectivity index (χ4n) is 3.00. The Labute approximate surface area is 152 Å². The average molecular weight is 390 g/mol. The van der Waals surface area contributed by atoms with Gasteiger partial charge in [0.05, 0.1) is 11.5 Å². The van der Waals surface area contributed by atoms with Crippen LogP contribution in [0.2, 0.25) is 0 Å². The quantitative estimate of drug-likeness (QED) is 0.678. The van der Waals surface area contributed by atoms with Gasteiger partial charge in [0.15, 0.2) is 9.84 Å². The Kier molecular flexibility index (Phi) is 6.94. The van der Waals surface area contributed by atoms with Gasteiger partial charge in [-0.15, -0.1) is 0 Å². The van der Waals surface area contributed by atoms with Crippen molar-refractivity contribution in [3.05, 3.63) is 29.8 Å². The first-order valence-electron chi connectivity index (χ1n) is 8.39. The van der Waals surface area contributed by atoms with Crippen LogP contribution in [-0.2, 0) is 9.84 Å². The van der Waals surface area contributed by atoms with E-state index in [1.807, 2.05) is 19.0 Å². The van der Waals surface area contributed by atoms with Gasteiger partial charge in [-0.1, -0.05) is 6.07 Å². The lowest BCUT2D eigenvalue weighted by atomic mass is 10.1. The van der Waals surface area contributed by atoms with Crippen molar-refractivity contribution in [1.82, 2.24) is 9.80 Å². The molecule has 0 N–H and O–H groups in total. The van der Waals surface area contributed by atoms with Gasteiger partial charge in [-0.2, -0.15) is 8.78 Å². The Balaban J connectivity index is 2.19. The van der Waals surface area contributed by atoms with Crippen LogP contribution in [0.1, 0.15) is 23.2 Å². The van der Waals surface area contributed by atoms with Crippen LogP contribution in [0, 0.1) is 0 Å². The summed E-state index contributed by atoms with van der Waals surface area (Å²) < 4.78 is 52.8. The lowest BCUT2D eigenvalue weighted by molar-refractivity contribution is -0.0499. The second-order valence-corrected chi connectivity index (χ2v) is 8.85. The Morgan fingerprint density at radius 1 is 1.31 bits per heavy atom. The number of carbonyl (C=O) groups is 1. The van der Waals surface area contributed by atoms with Crippen molar-refractivity contribution < 1.29 is 26.7 Å². The predicted molar refractivity (Wildman–Crippen MR) is 94.3 cm³/mol. The largest absolute Gasteiger partial charge is 0.435 e. The molecule has 0 unspecified atom stereocenters. The maximum absolute atomic E-state index is 12.9. The van der Waals surface area contributed by atoms with E-state index < -0.39 is 22.5 Å². The van der Waals surface area contributed by atoms with Gasteiger partial charge in [-0.05, 0) is 51.7 Å². The van der Waals surface area contributed by atoms with Crippen LogP contribution >= 0.6 is 0 Å². The maximum atomic E-state index is 12.9. The van der Waals surface area contributed by atoms with Gasteiger partial charge < -0.3 is 14.5 Å². The van der Waals surface area contributed by atoms with Gasteiger partial charge in [0.25, 0.3) is 5.91 Å². The van der Waals surface area contributed by atoms with E-state index in [2.05, 4.69) is 4.74 Å². The number of carbonyl (C=O) groups excluding carboxylic acids is 1. The Morgan fingerprint density at radius 3 is 2.62 bits per heavy atom. The van der Waals surface area contributed by atoms with Crippen molar-refractivity contribution in [3.63, 3.8) is 0 Å². The molecule has 1 aliphatic heterocycles. The van der Waals surface area contributed by atoms with E-state index >= 15 is 0 Å². The molecule has 1 heterocycles. The number of nitrogens with zero attached hydrogens (tertiary/aromatic N) is 2. The summed E-state index contributed by atoms with van der Waals surface area (Å²) in [6.07, 6.45) is 1.08. The van der Waals surface area contributed by atoms with Crippen LogP contribution in [0.3, 0.4) is 0 Å². The molecule has 146 valence electrons. The molecule has 1 aromatic rings. The zero-order valence-corrected chi connectivity index (χ0v) is 15.7. The van der Waals surface area contributed by atoms with Crippen molar-refractivity contribution in [3.8, 4) is 5.75 Å². The van der Waals surface area contributed by atoms with Gasteiger partial charge in [0, 0.05) is 18.2 Å². The van der Waals surface area contributed by atoms with E-state index in [4.69, 9.17) is 0 Å². The van der Waals surface area contributed by atoms with Crippen molar-refractivity contribution >= 4 is 15.7 Å². The number of amides is 1. The van der Waals surface area contributed by atoms with Crippen molar-refractivity contribution in [2.24, 2.45) is 0 Å². The minimum atomic E-state index is -3.15. The molecule has 2 rings (SSSR count). The summed E-state index contributed by atoms with van der Waals surface area (Å²) in [5.74, 6) is -0.471. The highest BCUT2D eigenvalue weighted by atomic mass is 32.2. The van der Waals surface area contributed by atoms with E-state index in [1.165, 1.54) is 24.3 Å². The average Bonchev–Trinajstić information content (AvgIpc) is 2.90. The Morgan fingerprint density at radius 2 is 2.04 bits per heavy atom. The second-order valence-electron chi connectivity index (χ2n) is 6.62. The molecule has 26 heavy (non-hydrogen) atoms. The predicted octanol–water partition coefficient (Wildman–Crippen LogP) is 1.87. The van der Waals surface area contributed by atoms with Gasteiger partial charge in [0.2, 0.25) is 0 Å². The standard InChI is InChI=1S/C17H24F2N2O4S/c1-20(2)8-4-9-21(14-7-10-26(23,24)12-14)16(22)13-5-3-6-15(11-13)25-17(18)19/h3,5-6,11,14,17H,4,7-10,12H2,1-2H3/t14-/m1/s1. The summed E-state index contributed by atoms with van der Waals surface area (Å²) in [5.41, 5.74) is 0.206. The summed E-state index contributed by atoms with van der Waals surface area (Å²) in [5, 5.41) is 0. The number of benzene rings is 1. The highest BCUT2D eigenvalue weighted by Gasteiger charge is 2.34. The van der Waals surface area contributed by atoms with E-state index in [0.29, 0.717) is 19.4 Å². The summed E-state index contributed by atoms with van der Waals surface area (Å²) in [7, 11) is 0.678. The normalized spacial score (nSPS) is 19.1. The number of hydrogen-bond donors (Lipinski definition) is 0. The zero-order valence-electron chi connectivity index (χ0n) is 14.9. The summed E-state index contributed by atoms with van der Waals surface area (Å²) in [6, 6.07) is 5.20. The third-order valence-electron chi connectivity index (χ3n) is 4.22. The summed E-state index contributed by atoms with van der Waals surface area (Å²) >= 11 is 0. The van der Waals surface area contributed by atoms with Crippen molar-refractivity contribution in [2.75, 3.05) is 38.7 Å². The number of rotatable bonds is 8. The van der Waals surface area contributed by atoms with Gasteiger partial charge in [-0.3, -0.25) is 4.79 Å². The van der Waals surface area contributed by atoms with Gasteiger partial charge >= 0.3 is 6.61 Å². The number of alkyl halides is 2. The minimum absolute atomic E-state index is 0.0592. The first kappa shape index (κ1) is 20.6. The number of hydrogen-bond acceptors (Lipinski definition) is 5. The van der Waals surface area contributed by atoms with Crippen LogP contribution in [-0.4, -0.2) is 75.5 Å². The lowest BCUT2D eigenvalue weighted by Crippen LogP contribution is -2.42. The van der Waals surface area contributed by atoms with Crippen molar-refractivity contribution in [1.29, 1.82) is 0 Å². The van der Waals surface area contributed by atoms with Crippen LogP contribution < -0.4 is 4.74 Å². The molecule has 1 aromatic carbocycles. The first-order chi connectivity index (χ1) is 12.2. The SMILES string of the molecule is CN(C)CCCN(C(=O)c1cccc(OC(F)F)c1)[C@@H]1CCS(=O)(=O)C1. The minimum Gasteiger partial charge on any atom is -0.435 e. The molecule has 6 nitrogen and oxygen atoms in total. The molecule has 0 aliphatic carbocycles. The number of sulfone groups is 1. The van der Waals surface area contributed by atoms with Crippen LogP contribution in [0.5, 0.6) is 5.75 Å². The Bertz CT molecular complexity index is 725. The molecule has 1 amide bonds. The van der Waals surface area contributed by atoms with Gasteiger partial charge in [0.1, 0.15) is 5.75 Å². The highest BCUT2D eigenvalue weighted by Crippen LogP contribution is 2.22. The van der Waals surface area contributed by atoms with E-state index in [9.17, 15) is 22.0 Å². The number of ether oxygens (including phenoxy) is 1. The molecule has 1 fully saturated rings. The number of halogens is 2. The molecule has 1 aliphatic rings. The monoisotopic (exact) mass is 390 g/mol.